The van der Waals surface area contributed by atoms with Crippen LogP contribution in [0.15, 0.2) is 144 Å². The van der Waals surface area contributed by atoms with Gasteiger partial charge in [0.2, 0.25) is 11.8 Å². The number of esters is 2. The van der Waals surface area contributed by atoms with E-state index < -0.39 is 23.1 Å². The van der Waals surface area contributed by atoms with Crippen LogP contribution in [0.25, 0.3) is 34.0 Å². The molecular weight excluding hydrogens is 817 g/mol. The van der Waals surface area contributed by atoms with E-state index in [1.807, 2.05) is 149 Å². The topological polar surface area (TPSA) is 137 Å². The number of fused-ring (bicyclic) bond motifs is 2. The van der Waals surface area contributed by atoms with Gasteiger partial charge in [-0.1, -0.05) is 60.7 Å². The molecule has 0 saturated heterocycles. The van der Waals surface area contributed by atoms with Crippen LogP contribution in [0.5, 0.6) is 0 Å². The number of benzene rings is 2. The molecule has 10 nitrogen and oxygen atoms in total. The fraction of sp³-hybridized carbons (Fsp3) is 0.240. The second-order valence-corrected chi connectivity index (χ2v) is 18.0. The van der Waals surface area contributed by atoms with E-state index in [-0.39, 0.29) is 24.7 Å². The van der Waals surface area contributed by atoms with Crippen molar-refractivity contribution in [1.29, 1.82) is 0 Å². The fourth-order valence-electron chi connectivity index (χ4n) is 5.89. The number of anilines is 2. The van der Waals surface area contributed by atoms with E-state index in [2.05, 4.69) is 20.6 Å². The summed E-state index contributed by atoms with van der Waals surface area (Å²) in [5.74, 6) is -1.03. The summed E-state index contributed by atoms with van der Waals surface area (Å²) in [6, 6.07) is 27.0. The van der Waals surface area contributed by atoms with Gasteiger partial charge in [0, 0.05) is 57.9 Å². The Morgan fingerprint density at radius 1 is 0.532 bits per heavy atom. The predicted octanol–water partition coefficient (Wildman–Crippen LogP) is 12.0. The number of nitrogens with one attached hydrogen (secondary N) is 2. The van der Waals surface area contributed by atoms with E-state index >= 15 is 0 Å². The van der Waals surface area contributed by atoms with Crippen molar-refractivity contribution in [2.75, 3.05) is 10.6 Å². The number of hydrogen-bond acceptors (Lipinski definition) is 10. The molecule has 0 aliphatic heterocycles. The zero-order chi connectivity index (χ0) is 44.5. The Hall–Kier alpha value is -6.50. The molecule has 2 aromatic carbocycles. The van der Waals surface area contributed by atoms with Crippen LogP contribution in [0.4, 0.5) is 11.4 Å². The lowest BCUT2D eigenvalue weighted by Gasteiger charge is -2.18. The molecule has 62 heavy (non-hydrogen) atoms. The van der Waals surface area contributed by atoms with Crippen molar-refractivity contribution in [3.05, 3.63) is 153 Å². The highest BCUT2D eigenvalue weighted by molar-refractivity contribution is 7.11. The molecule has 0 unspecified atom stereocenters. The van der Waals surface area contributed by atoms with E-state index in [4.69, 9.17) is 9.47 Å². The minimum absolute atomic E-state index is 0.110. The first-order chi connectivity index (χ1) is 29.6. The van der Waals surface area contributed by atoms with Gasteiger partial charge in [0.05, 0.1) is 22.4 Å². The molecule has 0 aliphatic rings. The SMILES string of the molecule is CC(C)(C)OC(=O)/C=C/C(=C/c1cccs1)CCC(=O)Nc1cccc2cccnc12.CC(C)(C)OC(=O)/C=C/C(=C/c1cccs1)CCC(=O)Nc1cccc2cccnc12. The Labute approximate surface area is 371 Å². The monoisotopic (exact) mass is 868 g/mol. The summed E-state index contributed by atoms with van der Waals surface area (Å²) < 4.78 is 10.7. The molecule has 0 aliphatic carbocycles. The van der Waals surface area contributed by atoms with Gasteiger partial charge in [-0.05, 0) is 125 Å². The molecule has 6 rings (SSSR count). The van der Waals surface area contributed by atoms with Gasteiger partial charge in [-0.2, -0.15) is 0 Å². The number of carbonyl (C=O) groups is 4. The average molecular weight is 869 g/mol. The Balaban J connectivity index is 0.000000234. The number of hydrogen-bond donors (Lipinski definition) is 2. The number of para-hydroxylation sites is 2. The molecular formula is C50H52N4O6S2. The minimum Gasteiger partial charge on any atom is -0.457 e. The number of ether oxygens (including phenoxy) is 2. The molecule has 0 fully saturated rings. The van der Waals surface area contributed by atoms with Gasteiger partial charge in [0.1, 0.15) is 11.2 Å². The van der Waals surface area contributed by atoms with Crippen molar-refractivity contribution in [3.63, 3.8) is 0 Å². The third-order valence-corrected chi connectivity index (χ3v) is 10.2. The van der Waals surface area contributed by atoms with Gasteiger partial charge in [-0.15, -0.1) is 22.7 Å². The molecule has 0 bridgehead atoms. The second-order valence-electron chi connectivity index (χ2n) is 16.1. The zero-order valence-electron chi connectivity index (χ0n) is 35.8. The maximum Gasteiger partial charge on any atom is 0.331 e. The Morgan fingerprint density at radius 3 is 1.31 bits per heavy atom. The highest BCUT2D eigenvalue weighted by Crippen LogP contribution is 2.24. The lowest BCUT2D eigenvalue weighted by atomic mass is 10.1. The van der Waals surface area contributed by atoms with Crippen molar-refractivity contribution in [3.8, 4) is 0 Å². The van der Waals surface area contributed by atoms with Crippen LogP contribution in [0.3, 0.4) is 0 Å². The van der Waals surface area contributed by atoms with E-state index in [1.54, 1.807) is 47.2 Å². The Kier molecular flexibility index (Phi) is 16.8. The second kappa shape index (κ2) is 22.4. The number of carbonyl (C=O) groups excluding carboxylic acids is 4. The number of pyridine rings is 2. The number of thiophene rings is 2. The summed E-state index contributed by atoms with van der Waals surface area (Å²) >= 11 is 3.20. The summed E-state index contributed by atoms with van der Waals surface area (Å²) in [6.07, 6.45) is 15.2. The van der Waals surface area contributed by atoms with Crippen LogP contribution < -0.4 is 10.6 Å². The maximum absolute atomic E-state index is 12.6. The zero-order valence-corrected chi connectivity index (χ0v) is 37.5. The lowest BCUT2D eigenvalue weighted by Crippen LogP contribution is -2.22. The van der Waals surface area contributed by atoms with Gasteiger partial charge in [0.25, 0.3) is 0 Å². The number of aromatic nitrogens is 2. The van der Waals surface area contributed by atoms with E-state index in [0.29, 0.717) is 24.2 Å². The maximum atomic E-state index is 12.6. The van der Waals surface area contributed by atoms with Gasteiger partial charge in [0.15, 0.2) is 0 Å². The summed E-state index contributed by atoms with van der Waals surface area (Å²) in [4.78, 5) is 60.2. The highest BCUT2D eigenvalue weighted by Gasteiger charge is 2.16. The van der Waals surface area contributed by atoms with E-state index in [1.165, 1.54) is 12.2 Å². The molecule has 4 heterocycles. The van der Waals surface area contributed by atoms with Gasteiger partial charge < -0.3 is 20.1 Å². The smallest absolute Gasteiger partial charge is 0.331 e. The first-order valence-corrected chi connectivity index (χ1v) is 21.9. The molecule has 6 aromatic rings. The fourth-order valence-corrected chi connectivity index (χ4v) is 7.27. The van der Waals surface area contributed by atoms with Gasteiger partial charge in [-0.25, -0.2) is 9.59 Å². The Bertz CT molecular complexity index is 2390. The van der Waals surface area contributed by atoms with Crippen LogP contribution >= 0.6 is 22.7 Å². The van der Waals surface area contributed by atoms with E-state index in [0.717, 1.165) is 42.7 Å². The molecule has 0 saturated carbocycles. The summed E-state index contributed by atoms with van der Waals surface area (Å²) in [6.45, 7) is 11.0. The number of nitrogens with zero attached hydrogens (tertiary/aromatic N) is 2. The lowest BCUT2D eigenvalue weighted by molar-refractivity contribution is -0.149. The Morgan fingerprint density at radius 2 is 0.935 bits per heavy atom. The summed E-state index contributed by atoms with van der Waals surface area (Å²) in [5, 5.41) is 11.8. The van der Waals surface area contributed by atoms with Crippen molar-refractivity contribution >= 4 is 91.8 Å². The highest BCUT2D eigenvalue weighted by atomic mass is 32.1. The first kappa shape index (κ1) is 46.6. The minimum atomic E-state index is -0.550. The molecule has 4 aromatic heterocycles. The largest absolute Gasteiger partial charge is 0.457 e. The van der Waals surface area contributed by atoms with Crippen LogP contribution in [-0.2, 0) is 28.7 Å². The molecule has 0 atom stereocenters. The molecule has 12 heteroatoms. The number of allylic oxidation sites excluding steroid dienone is 4. The quantitative estimate of drug-likeness (QED) is 0.0627. The molecule has 2 N–H and O–H groups in total. The van der Waals surface area contributed by atoms with E-state index in [9.17, 15) is 19.2 Å². The first-order valence-electron chi connectivity index (χ1n) is 20.2. The normalized spacial score (nSPS) is 12.3. The summed E-state index contributed by atoms with van der Waals surface area (Å²) in [5.41, 5.74) is 3.55. The van der Waals surface area contributed by atoms with Crippen molar-refractivity contribution in [1.82, 2.24) is 9.97 Å². The van der Waals surface area contributed by atoms with Crippen LogP contribution in [0.2, 0.25) is 0 Å². The van der Waals surface area contributed by atoms with Crippen molar-refractivity contribution < 1.29 is 28.7 Å². The van der Waals surface area contributed by atoms with Crippen LogP contribution in [0.1, 0.15) is 77.0 Å². The number of amides is 2. The van der Waals surface area contributed by atoms with Gasteiger partial charge in [-0.3, -0.25) is 19.6 Å². The standard InChI is InChI=1S/2C25H26N2O3S/c2*1-25(2,3)30-23(29)14-12-18(17-20-9-6-16-31-20)11-13-22(28)27-21-10-4-7-19-8-5-15-26-24(19)21/h2*4-10,12,14-17H,11,13H2,1-3H3,(H,27,28)/b2*14-12+,18-17+. The summed E-state index contributed by atoms with van der Waals surface area (Å²) in [7, 11) is 0. The third-order valence-electron chi connectivity index (χ3n) is 8.52. The molecule has 0 radical (unpaired) electrons. The van der Waals surface area contributed by atoms with Crippen LogP contribution in [-0.4, -0.2) is 44.9 Å². The molecule has 0 spiro atoms. The molecule has 2 amide bonds. The van der Waals surface area contributed by atoms with Gasteiger partial charge >= 0.3 is 11.9 Å². The third kappa shape index (κ3) is 16.2. The predicted molar refractivity (Wildman–Crippen MR) is 254 cm³/mol. The van der Waals surface area contributed by atoms with Crippen molar-refractivity contribution in [2.45, 2.75) is 78.4 Å². The van der Waals surface area contributed by atoms with Crippen molar-refractivity contribution in [2.24, 2.45) is 0 Å². The van der Waals surface area contributed by atoms with Crippen LogP contribution in [0, 0.1) is 0 Å². The molecule has 320 valence electrons. The average Bonchev–Trinajstić information content (AvgIpc) is 3.94. The number of rotatable bonds is 14.